The number of aromatic amines is 1. The van der Waals surface area contributed by atoms with Crippen molar-refractivity contribution in [1.82, 2.24) is 20.4 Å². The van der Waals surface area contributed by atoms with E-state index in [0.29, 0.717) is 6.54 Å². The van der Waals surface area contributed by atoms with Gasteiger partial charge in [0.2, 0.25) is 5.13 Å². The zero-order valence-corrected chi connectivity index (χ0v) is 16.7. The molecule has 1 atom stereocenters. The van der Waals surface area contributed by atoms with Crippen LogP contribution in [0.5, 0.6) is 0 Å². The second-order valence-electron chi connectivity index (χ2n) is 7.01. The number of rotatable bonds is 8. The number of aromatic nitrogens is 4. The normalized spacial score (nSPS) is 12.4. The van der Waals surface area contributed by atoms with E-state index in [1.807, 2.05) is 25.1 Å². The Bertz CT molecular complexity index is 1040. The molecule has 2 heterocycles. The van der Waals surface area contributed by atoms with Crippen molar-refractivity contribution in [3.8, 4) is 10.6 Å². The molecule has 0 saturated heterocycles. The number of nitrogens with zero attached hydrogens (tertiary/aromatic N) is 3. The number of hydrogen-bond donors (Lipinski definition) is 3. The minimum absolute atomic E-state index is 0.0981. The summed E-state index contributed by atoms with van der Waals surface area (Å²) < 4.78 is 0. The van der Waals surface area contributed by atoms with E-state index in [9.17, 15) is 0 Å². The van der Waals surface area contributed by atoms with Crippen LogP contribution in [0.25, 0.3) is 21.5 Å². The Morgan fingerprint density at radius 3 is 2.86 bits per heavy atom. The first-order valence-corrected chi connectivity index (χ1v) is 10.3. The van der Waals surface area contributed by atoms with E-state index in [4.69, 9.17) is 5.73 Å². The van der Waals surface area contributed by atoms with E-state index < -0.39 is 0 Å². The lowest BCUT2D eigenvalue weighted by Gasteiger charge is -2.11. The van der Waals surface area contributed by atoms with Crippen molar-refractivity contribution in [3.05, 3.63) is 59.8 Å². The van der Waals surface area contributed by atoms with Crippen molar-refractivity contribution in [1.29, 1.82) is 0 Å². The van der Waals surface area contributed by atoms with E-state index in [1.54, 1.807) is 11.3 Å². The monoisotopic (exact) mass is 392 g/mol. The molecule has 6 nitrogen and oxygen atoms in total. The fourth-order valence-electron chi connectivity index (χ4n) is 3.22. The first-order chi connectivity index (χ1) is 13.7. The fourth-order valence-corrected chi connectivity index (χ4v) is 3.96. The smallest absolute Gasteiger partial charge is 0.206 e. The topological polar surface area (TPSA) is 92.5 Å². The van der Waals surface area contributed by atoms with Crippen LogP contribution in [0.1, 0.15) is 24.1 Å². The van der Waals surface area contributed by atoms with Gasteiger partial charge in [-0.2, -0.15) is 5.10 Å². The zero-order valence-electron chi connectivity index (χ0n) is 15.9. The van der Waals surface area contributed by atoms with Crippen molar-refractivity contribution in [2.75, 3.05) is 11.9 Å². The van der Waals surface area contributed by atoms with Gasteiger partial charge < -0.3 is 11.1 Å². The van der Waals surface area contributed by atoms with Crippen LogP contribution in [-0.4, -0.2) is 33.0 Å². The highest BCUT2D eigenvalue weighted by molar-refractivity contribution is 7.18. The van der Waals surface area contributed by atoms with Gasteiger partial charge in [-0.1, -0.05) is 41.7 Å². The van der Waals surface area contributed by atoms with Crippen molar-refractivity contribution in [2.45, 2.75) is 32.2 Å². The quantitative estimate of drug-likeness (QED) is 0.419. The summed E-state index contributed by atoms with van der Waals surface area (Å²) in [7, 11) is 0. The second kappa shape index (κ2) is 8.50. The Hall–Kier alpha value is -2.77. The summed E-state index contributed by atoms with van der Waals surface area (Å²) in [5, 5.41) is 22.0. The maximum Gasteiger partial charge on any atom is 0.206 e. The van der Waals surface area contributed by atoms with Crippen LogP contribution >= 0.6 is 11.3 Å². The molecule has 0 spiro atoms. The number of aryl methyl sites for hydroxylation is 2. The summed E-state index contributed by atoms with van der Waals surface area (Å²) in [6.07, 6.45) is 3.12. The van der Waals surface area contributed by atoms with E-state index in [0.717, 1.165) is 51.6 Å². The van der Waals surface area contributed by atoms with Crippen LogP contribution in [-0.2, 0) is 6.42 Å². The Morgan fingerprint density at radius 2 is 2.00 bits per heavy atom. The zero-order chi connectivity index (χ0) is 19.3. The van der Waals surface area contributed by atoms with Gasteiger partial charge in [0.15, 0.2) is 0 Å². The molecule has 0 radical (unpaired) electrons. The number of nitrogens with two attached hydrogens (primary N) is 1. The minimum Gasteiger partial charge on any atom is -0.359 e. The maximum atomic E-state index is 6.25. The Morgan fingerprint density at radius 1 is 1.14 bits per heavy atom. The summed E-state index contributed by atoms with van der Waals surface area (Å²) in [6, 6.07) is 16.8. The standard InChI is InChI=1S/C21H24N6S/c1-14-18-12-16(10-11-19(18)25-24-14)20-26-27-21(28-20)23-13-17(22)9-5-8-15-6-3-2-4-7-15/h2-4,6-7,10-12,17H,5,8-9,13,22H2,1H3,(H,23,27)(H,24,25)/t17-/m1/s1. The van der Waals surface area contributed by atoms with Crippen LogP contribution in [0.4, 0.5) is 5.13 Å². The lowest BCUT2D eigenvalue weighted by Crippen LogP contribution is -2.29. The lowest BCUT2D eigenvalue weighted by molar-refractivity contribution is 0.603. The molecule has 0 bridgehead atoms. The summed E-state index contributed by atoms with van der Waals surface area (Å²) in [4.78, 5) is 0. The van der Waals surface area contributed by atoms with Gasteiger partial charge >= 0.3 is 0 Å². The Balaban J connectivity index is 1.29. The molecule has 144 valence electrons. The van der Waals surface area contributed by atoms with E-state index in [2.05, 4.69) is 56.0 Å². The Kier molecular flexibility index (Phi) is 5.64. The molecular weight excluding hydrogens is 368 g/mol. The van der Waals surface area contributed by atoms with Gasteiger partial charge in [-0.05, 0) is 49.9 Å². The molecule has 0 saturated carbocycles. The number of nitrogens with one attached hydrogen (secondary N) is 2. The molecule has 0 aliphatic carbocycles. The molecule has 2 aromatic heterocycles. The second-order valence-corrected chi connectivity index (χ2v) is 7.99. The van der Waals surface area contributed by atoms with E-state index >= 15 is 0 Å². The molecule has 0 aliphatic rings. The van der Waals surface area contributed by atoms with Gasteiger partial charge in [0.25, 0.3) is 0 Å². The van der Waals surface area contributed by atoms with Gasteiger partial charge in [0.1, 0.15) is 5.01 Å². The summed E-state index contributed by atoms with van der Waals surface area (Å²) in [5.41, 5.74) is 10.7. The first-order valence-electron chi connectivity index (χ1n) is 9.51. The molecule has 2 aromatic carbocycles. The number of hydrogen-bond acceptors (Lipinski definition) is 6. The van der Waals surface area contributed by atoms with Gasteiger partial charge in [-0.25, -0.2) is 0 Å². The number of H-pyrrole nitrogens is 1. The molecule has 4 aromatic rings. The van der Waals surface area contributed by atoms with Crippen molar-refractivity contribution in [2.24, 2.45) is 5.73 Å². The molecule has 0 fully saturated rings. The first kappa shape index (κ1) is 18.6. The molecule has 28 heavy (non-hydrogen) atoms. The SMILES string of the molecule is Cc1[nH]nc2ccc(-c3nnc(NC[C@H](N)CCCc4ccccc4)s3)cc12. The highest BCUT2D eigenvalue weighted by atomic mass is 32.1. The van der Waals surface area contributed by atoms with Crippen LogP contribution in [0.15, 0.2) is 48.5 Å². The van der Waals surface area contributed by atoms with Crippen LogP contribution < -0.4 is 11.1 Å². The molecule has 0 aliphatic heterocycles. The fraction of sp³-hybridized carbons (Fsp3) is 0.286. The molecule has 0 unspecified atom stereocenters. The van der Waals surface area contributed by atoms with Gasteiger partial charge in [0.05, 0.1) is 5.52 Å². The van der Waals surface area contributed by atoms with Crippen LogP contribution in [0.3, 0.4) is 0 Å². The van der Waals surface area contributed by atoms with Crippen molar-refractivity contribution < 1.29 is 0 Å². The molecule has 7 heteroatoms. The molecular formula is C21H24N6S. The van der Waals surface area contributed by atoms with Crippen molar-refractivity contribution in [3.63, 3.8) is 0 Å². The summed E-state index contributed by atoms with van der Waals surface area (Å²) in [5.74, 6) is 0. The highest BCUT2D eigenvalue weighted by Gasteiger charge is 2.10. The number of benzene rings is 2. The molecule has 4 N–H and O–H groups in total. The van der Waals surface area contributed by atoms with Gasteiger partial charge in [-0.15, -0.1) is 10.2 Å². The average molecular weight is 393 g/mol. The lowest BCUT2D eigenvalue weighted by atomic mass is 10.1. The predicted molar refractivity (Wildman–Crippen MR) is 116 cm³/mol. The Labute approximate surface area is 168 Å². The third kappa shape index (κ3) is 4.37. The molecule has 0 amide bonds. The highest BCUT2D eigenvalue weighted by Crippen LogP contribution is 2.29. The number of anilines is 1. The third-order valence-corrected chi connectivity index (χ3v) is 5.75. The third-order valence-electron chi connectivity index (χ3n) is 4.82. The van der Waals surface area contributed by atoms with E-state index in [1.165, 1.54) is 5.56 Å². The summed E-state index contributed by atoms with van der Waals surface area (Å²) in [6.45, 7) is 2.72. The van der Waals surface area contributed by atoms with Gasteiger partial charge in [0, 0.05) is 29.2 Å². The van der Waals surface area contributed by atoms with Crippen molar-refractivity contribution >= 4 is 27.4 Å². The van der Waals surface area contributed by atoms with Gasteiger partial charge in [-0.3, -0.25) is 5.10 Å². The average Bonchev–Trinajstić information content (AvgIpc) is 3.34. The summed E-state index contributed by atoms with van der Waals surface area (Å²) >= 11 is 1.55. The largest absolute Gasteiger partial charge is 0.359 e. The minimum atomic E-state index is 0.0981. The number of fused-ring (bicyclic) bond motifs is 1. The van der Waals surface area contributed by atoms with E-state index in [-0.39, 0.29) is 6.04 Å². The van der Waals surface area contributed by atoms with Crippen LogP contribution in [0.2, 0.25) is 0 Å². The van der Waals surface area contributed by atoms with Crippen LogP contribution in [0, 0.1) is 6.92 Å². The maximum absolute atomic E-state index is 6.25. The molecule has 4 rings (SSSR count). The predicted octanol–water partition coefficient (Wildman–Crippen LogP) is 4.15.